The number of hydrogen-bond donors (Lipinski definition) is 1. The van der Waals surface area contributed by atoms with Crippen LogP contribution in [-0.2, 0) is 0 Å². The van der Waals surface area contributed by atoms with E-state index < -0.39 is 4.92 Å². The fourth-order valence-corrected chi connectivity index (χ4v) is 1.99. The van der Waals surface area contributed by atoms with Gasteiger partial charge in [-0.2, -0.15) is 0 Å². The van der Waals surface area contributed by atoms with Crippen LogP contribution in [0.3, 0.4) is 0 Å². The van der Waals surface area contributed by atoms with E-state index in [9.17, 15) is 10.1 Å². The van der Waals surface area contributed by atoms with Gasteiger partial charge in [-0.25, -0.2) is 0 Å². The summed E-state index contributed by atoms with van der Waals surface area (Å²) >= 11 is 2.02. The molecule has 92 valence electrons. The van der Waals surface area contributed by atoms with E-state index in [4.69, 9.17) is 9.84 Å². The van der Waals surface area contributed by atoms with Gasteiger partial charge in [0.1, 0.15) is 0 Å². The highest BCUT2D eigenvalue weighted by Gasteiger charge is 2.43. The number of rotatable bonds is 5. The lowest BCUT2D eigenvalue weighted by Crippen LogP contribution is -2.17. The number of ether oxygens (including phenoxy) is 1. The zero-order chi connectivity index (χ0) is 12.5. The molecule has 0 amide bonds. The van der Waals surface area contributed by atoms with Crippen LogP contribution in [0.4, 0.5) is 5.69 Å². The Kier molecular flexibility index (Phi) is 3.53. The molecule has 2 rings (SSSR count). The van der Waals surface area contributed by atoms with Crippen LogP contribution in [0.15, 0.2) is 18.2 Å². The minimum Gasteiger partial charge on any atom is -0.486 e. The Hall–Kier alpha value is -0.890. The van der Waals surface area contributed by atoms with Gasteiger partial charge in [-0.1, -0.05) is 0 Å². The van der Waals surface area contributed by atoms with E-state index in [1.165, 1.54) is 6.07 Å². The molecule has 1 saturated carbocycles. The van der Waals surface area contributed by atoms with E-state index >= 15 is 0 Å². The minimum atomic E-state index is -0.448. The second-order valence-corrected chi connectivity index (χ2v) is 5.56. The van der Waals surface area contributed by atoms with Gasteiger partial charge in [0.2, 0.25) is 0 Å². The van der Waals surface area contributed by atoms with Gasteiger partial charge in [0.15, 0.2) is 5.75 Å². The molecule has 0 aromatic heterocycles. The summed E-state index contributed by atoms with van der Waals surface area (Å²) in [4.78, 5) is 10.4. The molecule has 1 aromatic rings. The predicted molar refractivity (Wildman–Crippen MR) is 70.1 cm³/mol. The molecule has 1 N–H and O–H groups in total. The molecule has 0 atom stereocenters. The third-order valence-corrected chi connectivity index (χ3v) is 3.62. The van der Waals surface area contributed by atoms with Gasteiger partial charge in [0.25, 0.3) is 0 Å². The molecule has 0 bridgehead atoms. The molecule has 1 aliphatic carbocycles. The Balaban J connectivity index is 2.12. The lowest BCUT2D eigenvalue weighted by Gasteiger charge is -2.13. The van der Waals surface area contributed by atoms with Crippen molar-refractivity contribution in [1.82, 2.24) is 0 Å². The molecule has 6 heteroatoms. The number of aliphatic hydroxyl groups excluding tert-OH is 1. The Bertz CT molecular complexity index is 445. The molecule has 0 unspecified atom stereocenters. The summed E-state index contributed by atoms with van der Waals surface area (Å²) in [5.74, 6) is 0.273. The molecule has 0 heterocycles. The fraction of sp³-hybridized carbons (Fsp3) is 0.455. The second-order valence-electron chi connectivity index (χ2n) is 4.32. The molecular weight excluding hydrogens is 337 g/mol. The van der Waals surface area contributed by atoms with Gasteiger partial charge in [-0.05, 0) is 47.6 Å². The second kappa shape index (κ2) is 4.77. The first-order valence-electron chi connectivity index (χ1n) is 5.24. The number of halogens is 1. The molecule has 1 aliphatic rings. The van der Waals surface area contributed by atoms with Crippen molar-refractivity contribution in [3.8, 4) is 5.75 Å². The monoisotopic (exact) mass is 349 g/mol. The molecule has 1 aromatic carbocycles. The summed E-state index contributed by atoms with van der Waals surface area (Å²) in [6, 6.07) is 4.85. The van der Waals surface area contributed by atoms with Crippen LogP contribution in [0.2, 0.25) is 0 Å². The average molecular weight is 349 g/mol. The van der Waals surface area contributed by atoms with Gasteiger partial charge < -0.3 is 9.84 Å². The molecule has 17 heavy (non-hydrogen) atoms. The van der Waals surface area contributed by atoms with Crippen LogP contribution in [0.25, 0.3) is 0 Å². The van der Waals surface area contributed by atoms with Gasteiger partial charge in [0, 0.05) is 15.1 Å². The number of nitrogens with zero attached hydrogens (tertiary/aromatic N) is 1. The van der Waals surface area contributed by atoms with E-state index in [1.54, 1.807) is 12.1 Å². The van der Waals surface area contributed by atoms with Crippen molar-refractivity contribution in [3.05, 3.63) is 31.9 Å². The maximum Gasteiger partial charge on any atom is 0.311 e. The lowest BCUT2D eigenvalue weighted by molar-refractivity contribution is -0.386. The summed E-state index contributed by atoms with van der Waals surface area (Å²) in [7, 11) is 0. The highest BCUT2D eigenvalue weighted by Crippen LogP contribution is 2.45. The van der Waals surface area contributed by atoms with E-state index in [2.05, 4.69) is 0 Å². The van der Waals surface area contributed by atoms with E-state index in [0.717, 1.165) is 16.4 Å². The summed E-state index contributed by atoms with van der Waals surface area (Å²) in [5, 5.41) is 20.0. The average Bonchev–Trinajstić information content (AvgIpc) is 3.08. The quantitative estimate of drug-likeness (QED) is 0.503. The summed E-state index contributed by atoms with van der Waals surface area (Å²) in [6.45, 7) is 0.413. The van der Waals surface area contributed by atoms with E-state index in [0.29, 0.717) is 6.61 Å². The molecule has 0 spiro atoms. The van der Waals surface area contributed by atoms with Crippen molar-refractivity contribution in [1.29, 1.82) is 0 Å². The third kappa shape index (κ3) is 2.86. The summed E-state index contributed by atoms with van der Waals surface area (Å²) in [5.41, 5.74) is -0.192. The Morgan fingerprint density at radius 2 is 2.24 bits per heavy atom. The SMILES string of the molecule is O=[N+]([O-])c1cc(I)ccc1OCC1(CO)CC1. The number of nitro benzene ring substituents is 1. The molecular formula is C11H12INO4. The van der Waals surface area contributed by atoms with Gasteiger partial charge >= 0.3 is 5.69 Å². The van der Waals surface area contributed by atoms with Crippen molar-refractivity contribution in [2.75, 3.05) is 13.2 Å². The fourth-order valence-electron chi connectivity index (χ4n) is 1.51. The number of aliphatic hydroxyl groups is 1. The van der Waals surface area contributed by atoms with Crippen LogP contribution in [-0.4, -0.2) is 23.2 Å². The van der Waals surface area contributed by atoms with E-state index in [-0.39, 0.29) is 23.5 Å². The molecule has 0 saturated heterocycles. The first-order chi connectivity index (χ1) is 8.06. The van der Waals surface area contributed by atoms with Crippen LogP contribution in [0, 0.1) is 19.1 Å². The Morgan fingerprint density at radius 1 is 1.53 bits per heavy atom. The molecule has 1 fully saturated rings. The molecule has 0 aliphatic heterocycles. The van der Waals surface area contributed by atoms with Crippen LogP contribution >= 0.6 is 22.6 Å². The topological polar surface area (TPSA) is 72.6 Å². The predicted octanol–water partition coefficient (Wildman–Crippen LogP) is 2.35. The maximum absolute atomic E-state index is 10.9. The Morgan fingerprint density at radius 3 is 2.76 bits per heavy atom. The van der Waals surface area contributed by atoms with Gasteiger partial charge in [-0.15, -0.1) is 0 Å². The van der Waals surface area contributed by atoms with Crippen LogP contribution in [0.1, 0.15) is 12.8 Å². The normalized spacial score (nSPS) is 16.6. The van der Waals surface area contributed by atoms with Crippen LogP contribution < -0.4 is 4.74 Å². The smallest absolute Gasteiger partial charge is 0.311 e. The molecule has 5 nitrogen and oxygen atoms in total. The Labute approximate surface area is 112 Å². The largest absolute Gasteiger partial charge is 0.486 e. The minimum absolute atomic E-state index is 0.0226. The van der Waals surface area contributed by atoms with Crippen molar-refractivity contribution < 1.29 is 14.8 Å². The zero-order valence-electron chi connectivity index (χ0n) is 9.06. The van der Waals surface area contributed by atoms with Gasteiger partial charge in [0.05, 0.1) is 18.1 Å². The highest BCUT2D eigenvalue weighted by molar-refractivity contribution is 14.1. The first-order valence-corrected chi connectivity index (χ1v) is 6.32. The summed E-state index contributed by atoms with van der Waals surface area (Å²) in [6.07, 6.45) is 1.84. The van der Waals surface area contributed by atoms with Gasteiger partial charge in [-0.3, -0.25) is 10.1 Å². The zero-order valence-corrected chi connectivity index (χ0v) is 11.2. The lowest BCUT2D eigenvalue weighted by atomic mass is 10.1. The first kappa shape index (κ1) is 12.6. The third-order valence-electron chi connectivity index (χ3n) is 2.94. The van der Waals surface area contributed by atoms with Crippen molar-refractivity contribution >= 4 is 28.3 Å². The summed E-state index contributed by atoms with van der Waals surface area (Å²) < 4.78 is 6.26. The van der Waals surface area contributed by atoms with Crippen molar-refractivity contribution in [2.24, 2.45) is 5.41 Å². The number of benzene rings is 1. The standard InChI is InChI=1S/C11H12INO4/c12-8-1-2-10(9(5-8)13(15)16)17-7-11(6-14)3-4-11/h1-2,5,14H,3-4,6-7H2. The van der Waals surface area contributed by atoms with Crippen LogP contribution in [0.5, 0.6) is 5.75 Å². The number of hydrogen-bond acceptors (Lipinski definition) is 4. The van der Waals surface area contributed by atoms with Crippen molar-refractivity contribution in [3.63, 3.8) is 0 Å². The molecule has 0 radical (unpaired) electrons. The van der Waals surface area contributed by atoms with Crippen molar-refractivity contribution in [2.45, 2.75) is 12.8 Å². The number of nitro groups is 1. The highest BCUT2D eigenvalue weighted by atomic mass is 127. The van der Waals surface area contributed by atoms with E-state index in [1.807, 2.05) is 22.6 Å². The maximum atomic E-state index is 10.9.